The predicted octanol–water partition coefficient (Wildman–Crippen LogP) is 1.27. The van der Waals surface area contributed by atoms with Crippen molar-refractivity contribution in [2.75, 3.05) is 14.2 Å². The van der Waals surface area contributed by atoms with Crippen LogP contribution in [0.5, 0.6) is 11.5 Å². The number of carboxylic acid groups (broad SMARTS) is 1. The van der Waals surface area contributed by atoms with Gasteiger partial charge in [0.15, 0.2) is 17.3 Å². The van der Waals surface area contributed by atoms with Crippen LogP contribution in [0.3, 0.4) is 0 Å². The number of hydrogen-bond acceptors (Lipinski definition) is 6. The van der Waals surface area contributed by atoms with Crippen LogP contribution in [0, 0.1) is 0 Å². The van der Waals surface area contributed by atoms with Gasteiger partial charge in [-0.25, -0.2) is 8.42 Å². The van der Waals surface area contributed by atoms with E-state index in [2.05, 4.69) is 0 Å². The standard InChI is InChI=1S/C14H14O7S/c1-20-10-5-8-6-13(9(15)3-4-14(16)17)22(18,19)12(8)7-11(10)21-2/h5-7H,3-4H2,1-2H3,(H,16,17). The number of methoxy groups -OCH3 is 2. The molecule has 0 amide bonds. The molecule has 0 aromatic heterocycles. The third-order valence-electron chi connectivity index (χ3n) is 3.22. The Morgan fingerprint density at radius 1 is 1.09 bits per heavy atom. The average Bonchev–Trinajstić information content (AvgIpc) is 2.74. The summed E-state index contributed by atoms with van der Waals surface area (Å²) in [5, 5.41) is 8.59. The van der Waals surface area contributed by atoms with Gasteiger partial charge in [-0.05, 0) is 17.7 Å². The van der Waals surface area contributed by atoms with Gasteiger partial charge >= 0.3 is 5.97 Å². The van der Waals surface area contributed by atoms with Crippen molar-refractivity contribution >= 4 is 27.7 Å². The first kappa shape index (κ1) is 16.0. The first-order chi connectivity index (χ1) is 10.3. The van der Waals surface area contributed by atoms with Gasteiger partial charge in [0.1, 0.15) is 4.91 Å². The summed E-state index contributed by atoms with van der Waals surface area (Å²) in [6.45, 7) is 0. The molecule has 0 spiro atoms. The van der Waals surface area contributed by atoms with E-state index in [1.807, 2.05) is 0 Å². The Morgan fingerprint density at radius 3 is 2.23 bits per heavy atom. The first-order valence-electron chi connectivity index (χ1n) is 6.29. The van der Waals surface area contributed by atoms with Gasteiger partial charge in [-0.3, -0.25) is 9.59 Å². The van der Waals surface area contributed by atoms with Crippen LogP contribution in [0.1, 0.15) is 18.4 Å². The summed E-state index contributed by atoms with van der Waals surface area (Å²) in [5.41, 5.74) is 0.316. The molecule has 0 unspecified atom stereocenters. The fraction of sp³-hybridized carbons (Fsp3) is 0.286. The number of fused-ring (bicyclic) bond motifs is 1. The van der Waals surface area contributed by atoms with Crippen molar-refractivity contribution in [3.05, 3.63) is 22.6 Å². The van der Waals surface area contributed by atoms with Crippen LogP contribution in [0.15, 0.2) is 21.9 Å². The number of hydrogen-bond donors (Lipinski definition) is 1. The summed E-state index contributed by atoms with van der Waals surface area (Å²) >= 11 is 0. The Bertz CT molecular complexity index is 775. The van der Waals surface area contributed by atoms with Gasteiger partial charge in [-0.15, -0.1) is 0 Å². The van der Waals surface area contributed by atoms with E-state index < -0.39 is 32.9 Å². The maximum absolute atomic E-state index is 12.4. The normalized spacial score (nSPS) is 14.9. The van der Waals surface area contributed by atoms with E-state index in [0.29, 0.717) is 11.3 Å². The zero-order valence-corrected chi connectivity index (χ0v) is 12.8. The van der Waals surface area contributed by atoms with Gasteiger partial charge in [0, 0.05) is 12.5 Å². The third kappa shape index (κ3) is 2.69. The Kier molecular flexibility index (Phi) is 4.23. The quantitative estimate of drug-likeness (QED) is 0.838. The number of carboxylic acids is 1. The summed E-state index contributed by atoms with van der Waals surface area (Å²) in [4.78, 5) is 22.0. The molecule has 1 aliphatic heterocycles. The predicted molar refractivity (Wildman–Crippen MR) is 76.6 cm³/mol. The topological polar surface area (TPSA) is 107 Å². The van der Waals surface area contributed by atoms with Gasteiger partial charge in [-0.1, -0.05) is 0 Å². The Morgan fingerprint density at radius 2 is 1.68 bits per heavy atom. The highest BCUT2D eigenvalue weighted by atomic mass is 32.2. The number of carbonyl (C=O) groups excluding carboxylic acids is 1. The monoisotopic (exact) mass is 326 g/mol. The maximum atomic E-state index is 12.4. The van der Waals surface area contributed by atoms with E-state index >= 15 is 0 Å². The minimum absolute atomic E-state index is 0.0520. The number of benzene rings is 1. The SMILES string of the molecule is COc1cc2c(cc1OC)S(=O)(=O)C(C(=O)CCC(=O)O)=C2. The van der Waals surface area contributed by atoms with Gasteiger partial charge < -0.3 is 14.6 Å². The van der Waals surface area contributed by atoms with Crippen molar-refractivity contribution in [2.45, 2.75) is 17.7 Å². The maximum Gasteiger partial charge on any atom is 0.303 e. The number of ketones is 1. The molecule has 118 valence electrons. The lowest BCUT2D eigenvalue weighted by Crippen LogP contribution is -2.12. The fourth-order valence-electron chi connectivity index (χ4n) is 2.13. The number of sulfone groups is 1. The highest BCUT2D eigenvalue weighted by Gasteiger charge is 2.35. The van der Waals surface area contributed by atoms with Gasteiger partial charge in [0.2, 0.25) is 9.84 Å². The van der Waals surface area contributed by atoms with Crippen molar-refractivity contribution in [3.8, 4) is 11.5 Å². The number of aliphatic carboxylic acids is 1. The van der Waals surface area contributed by atoms with Crippen LogP contribution in [-0.2, 0) is 19.4 Å². The van der Waals surface area contributed by atoms with Crippen molar-refractivity contribution in [1.82, 2.24) is 0 Å². The highest BCUT2D eigenvalue weighted by Crippen LogP contribution is 2.40. The van der Waals surface area contributed by atoms with Crippen molar-refractivity contribution in [2.24, 2.45) is 0 Å². The summed E-state index contributed by atoms with van der Waals surface area (Å²) in [6.07, 6.45) is 0.439. The molecular formula is C14H14O7S. The molecule has 1 N–H and O–H groups in total. The molecule has 0 atom stereocenters. The molecule has 22 heavy (non-hydrogen) atoms. The average molecular weight is 326 g/mol. The van der Waals surface area contributed by atoms with Crippen LogP contribution in [0.4, 0.5) is 0 Å². The van der Waals surface area contributed by atoms with E-state index in [4.69, 9.17) is 14.6 Å². The number of Topliss-reactive ketones (excluding diaryl/α,β-unsaturated/α-hetero) is 1. The largest absolute Gasteiger partial charge is 0.493 e. The van der Waals surface area contributed by atoms with E-state index in [-0.39, 0.29) is 17.1 Å². The molecule has 1 aliphatic rings. The summed E-state index contributed by atoms with van der Waals surface area (Å²) in [6, 6.07) is 2.75. The molecule has 7 nitrogen and oxygen atoms in total. The van der Waals surface area contributed by atoms with Gasteiger partial charge in [0.25, 0.3) is 0 Å². The van der Waals surface area contributed by atoms with Crippen LogP contribution in [-0.4, -0.2) is 39.5 Å². The molecule has 1 aromatic carbocycles. The van der Waals surface area contributed by atoms with Crippen LogP contribution < -0.4 is 9.47 Å². The minimum atomic E-state index is -3.97. The Balaban J connectivity index is 2.45. The second-order valence-corrected chi connectivity index (χ2v) is 6.46. The lowest BCUT2D eigenvalue weighted by atomic mass is 10.1. The van der Waals surface area contributed by atoms with Crippen LogP contribution in [0.2, 0.25) is 0 Å². The Labute approximate surface area is 127 Å². The highest BCUT2D eigenvalue weighted by molar-refractivity contribution is 7.96. The zero-order valence-electron chi connectivity index (χ0n) is 12.0. The van der Waals surface area contributed by atoms with Crippen molar-refractivity contribution < 1.29 is 32.6 Å². The minimum Gasteiger partial charge on any atom is -0.493 e. The van der Waals surface area contributed by atoms with Crippen molar-refractivity contribution in [3.63, 3.8) is 0 Å². The van der Waals surface area contributed by atoms with Crippen LogP contribution in [0.25, 0.3) is 6.08 Å². The molecule has 0 radical (unpaired) electrons. The molecule has 1 aromatic rings. The summed E-state index contributed by atoms with van der Waals surface area (Å²) < 4.78 is 35.0. The number of allylic oxidation sites excluding steroid dienone is 1. The molecule has 1 heterocycles. The Hall–Kier alpha value is -2.35. The summed E-state index contributed by atoms with van der Waals surface area (Å²) in [5.74, 6) is -1.31. The fourth-order valence-corrected chi connectivity index (χ4v) is 3.74. The molecule has 0 saturated carbocycles. The van der Waals surface area contributed by atoms with Crippen LogP contribution >= 0.6 is 0 Å². The first-order valence-corrected chi connectivity index (χ1v) is 7.77. The van der Waals surface area contributed by atoms with Crippen molar-refractivity contribution in [1.29, 1.82) is 0 Å². The molecule has 0 bridgehead atoms. The molecular weight excluding hydrogens is 312 g/mol. The third-order valence-corrected chi connectivity index (χ3v) is 5.08. The summed E-state index contributed by atoms with van der Waals surface area (Å²) in [7, 11) is -1.18. The van der Waals surface area contributed by atoms with E-state index in [1.54, 1.807) is 0 Å². The molecule has 0 saturated heterocycles. The van der Waals surface area contributed by atoms with E-state index in [1.165, 1.54) is 32.4 Å². The zero-order chi connectivity index (χ0) is 16.5. The molecule has 0 fully saturated rings. The second kappa shape index (κ2) is 5.80. The molecule has 8 heteroatoms. The molecule has 0 aliphatic carbocycles. The number of rotatable bonds is 6. The van der Waals surface area contributed by atoms with Gasteiger partial charge in [-0.2, -0.15) is 0 Å². The van der Waals surface area contributed by atoms with E-state index in [0.717, 1.165) is 0 Å². The second-order valence-electron chi connectivity index (χ2n) is 4.57. The molecule has 2 rings (SSSR count). The lowest BCUT2D eigenvalue weighted by molar-refractivity contribution is -0.138. The smallest absolute Gasteiger partial charge is 0.303 e. The number of ether oxygens (including phenoxy) is 2. The van der Waals surface area contributed by atoms with Gasteiger partial charge in [0.05, 0.1) is 25.5 Å². The van der Waals surface area contributed by atoms with E-state index in [9.17, 15) is 18.0 Å². The lowest BCUT2D eigenvalue weighted by Gasteiger charge is -2.09. The number of carbonyl (C=O) groups is 2.